The van der Waals surface area contributed by atoms with E-state index in [1.165, 1.54) is 0 Å². The highest BCUT2D eigenvalue weighted by Gasteiger charge is 2.27. The Kier molecular flexibility index (Phi) is 3.68. The summed E-state index contributed by atoms with van der Waals surface area (Å²) in [6, 6.07) is 1.87. The highest BCUT2D eigenvalue weighted by atomic mass is 79.9. The van der Waals surface area contributed by atoms with Crippen LogP contribution in [0.5, 0.6) is 11.5 Å². The molecule has 1 unspecified atom stereocenters. The molecule has 0 spiro atoms. The lowest BCUT2D eigenvalue weighted by atomic mass is 10.0. The molecule has 0 fully saturated rings. The van der Waals surface area contributed by atoms with E-state index in [0.29, 0.717) is 26.4 Å². The number of hydrogen-bond acceptors (Lipinski definition) is 3. The molecule has 5 heteroatoms. The minimum absolute atomic E-state index is 0.101. The number of benzene rings is 1. The maximum atomic E-state index is 6.36. The van der Waals surface area contributed by atoms with Gasteiger partial charge in [-0.2, -0.15) is 0 Å². The second kappa shape index (κ2) is 5.27. The zero-order valence-electron chi connectivity index (χ0n) is 9.88. The van der Waals surface area contributed by atoms with Crippen LogP contribution in [0.2, 0.25) is 5.02 Å². The molecule has 2 heterocycles. The smallest absolute Gasteiger partial charge is 0.165 e. The van der Waals surface area contributed by atoms with Crippen LogP contribution in [0.25, 0.3) is 0 Å². The van der Waals surface area contributed by atoms with Gasteiger partial charge in [0.25, 0.3) is 0 Å². The molecule has 0 bridgehead atoms. The second-order valence-electron chi connectivity index (χ2n) is 4.42. The Morgan fingerprint density at radius 2 is 2.06 bits per heavy atom. The second-order valence-corrected chi connectivity index (χ2v) is 5.93. The van der Waals surface area contributed by atoms with Gasteiger partial charge in [0.1, 0.15) is 0 Å². The molecule has 0 amide bonds. The lowest BCUT2D eigenvalue weighted by Gasteiger charge is -2.19. The first kappa shape index (κ1) is 12.6. The average molecular weight is 334 g/mol. The first-order chi connectivity index (χ1) is 8.77. The summed E-state index contributed by atoms with van der Waals surface area (Å²) >= 11 is 10.0. The fourth-order valence-corrected chi connectivity index (χ4v) is 3.33. The molecule has 0 aromatic heterocycles. The van der Waals surface area contributed by atoms with Crippen molar-refractivity contribution in [3.05, 3.63) is 22.2 Å². The van der Waals surface area contributed by atoms with Gasteiger partial charge in [0.2, 0.25) is 0 Å². The summed E-state index contributed by atoms with van der Waals surface area (Å²) in [5, 5.41) is 0.740. The largest absolute Gasteiger partial charge is 0.489 e. The molecule has 0 saturated carbocycles. The van der Waals surface area contributed by atoms with Gasteiger partial charge in [-0.1, -0.05) is 27.5 Å². The summed E-state index contributed by atoms with van der Waals surface area (Å²) < 4.78 is 17.1. The van der Waals surface area contributed by atoms with Crippen molar-refractivity contribution in [1.82, 2.24) is 0 Å². The molecule has 2 aliphatic rings. The summed E-state index contributed by atoms with van der Waals surface area (Å²) in [5.74, 6) is 1.59. The molecule has 18 heavy (non-hydrogen) atoms. The first-order valence-corrected chi connectivity index (χ1v) is 7.39. The Bertz CT molecular complexity index is 464. The molecule has 0 N–H and O–H groups in total. The van der Waals surface area contributed by atoms with E-state index >= 15 is 0 Å². The van der Waals surface area contributed by atoms with Crippen molar-refractivity contribution in [1.29, 1.82) is 0 Å². The van der Waals surface area contributed by atoms with E-state index in [-0.39, 0.29) is 4.83 Å². The van der Waals surface area contributed by atoms with Gasteiger partial charge in [-0.15, -0.1) is 0 Å². The van der Waals surface area contributed by atoms with Crippen molar-refractivity contribution in [3.8, 4) is 11.5 Å². The maximum Gasteiger partial charge on any atom is 0.165 e. The monoisotopic (exact) mass is 332 g/mol. The van der Waals surface area contributed by atoms with Gasteiger partial charge in [-0.25, -0.2) is 0 Å². The number of alkyl halides is 1. The topological polar surface area (TPSA) is 27.7 Å². The van der Waals surface area contributed by atoms with Crippen molar-refractivity contribution in [3.63, 3.8) is 0 Å². The first-order valence-electron chi connectivity index (χ1n) is 6.10. The Labute approximate surface area is 119 Å². The third-order valence-corrected chi connectivity index (χ3v) is 4.27. The van der Waals surface area contributed by atoms with E-state index in [0.717, 1.165) is 40.5 Å². The van der Waals surface area contributed by atoms with Crippen LogP contribution < -0.4 is 9.47 Å². The van der Waals surface area contributed by atoms with Gasteiger partial charge in [-0.3, -0.25) is 0 Å². The Balaban J connectivity index is 2.17. The van der Waals surface area contributed by atoms with E-state index in [2.05, 4.69) is 15.9 Å². The average Bonchev–Trinajstić information content (AvgIpc) is 2.68. The van der Waals surface area contributed by atoms with Crippen molar-refractivity contribution >= 4 is 27.5 Å². The van der Waals surface area contributed by atoms with Crippen LogP contribution in [0.3, 0.4) is 0 Å². The van der Waals surface area contributed by atoms with E-state index in [1.807, 2.05) is 6.07 Å². The highest BCUT2D eigenvalue weighted by Crippen LogP contribution is 2.46. The summed E-state index contributed by atoms with van der Waals surface area (Å²) in [6.45, 7) is 2.67. The van der Waals surface area contributed by atoms with E-state index in [1.54, 1.807) is 0 Å². The number of fused-ring (bicyclic) bond motifs is 3. The Morgan fingerprint density at radius 1 is 1.22 bits per heavy atom. The summed E-state index contributed by atoms with van der Waals surface area (Å²) in [6.07, 6.45) is 1.71. The van der Waals surface area contributed by atoms with Crippen molar-refractivity contribution in [2.45, 2.75) is 17.7 Å². The lowest BCUT2D eigenvalue weighted by molar-refractivity contribution is 0.145. The summed E-state index contributed by atoms with van der Waals surface area (Å²) in [5.41, 5.74) is 2.21. The van der Waals surface area contributed by atoms with Gasteiger partial charge in [-0.05, 0) is 12.0 Å². The summed E-state index contributed by atoms with van der Waals surface area (Å²) in [7, 11) is 0. The number of hydrogen-bond donors (Lipinski definition) is 0. The normalized spacial score (nSPS) is 22.9. The molecule has 0 radical (unpaired) electrons. The molecular weight excluding hydrogens is 319 g/mol. The number of rotatable bonds is 0. The van der Waals surface area contributed by atoms with Crippen LogP contribution in [0, 0.1) is 0 Å². The molecule has 0 saturated heterocycles. The van der Waals surface area contributed by atoms with E-state index in [4.69, 9.17) is 25.8 Å². The predicted octanol–water partition coefficient (Wildman–Crippen LogP) is 3.51. The molecule has 0 aliphatic carbocycles. The van der Waals surface area contributed by atoms with Gasteiger partial charge >= 0.3 is 0 Å². The Hall–Kier alpha value is -0.450. The molecule has 1 atom stereocenters. The van der Waals surface area contributed by atoms with Crippen LogP contribution in [0.4, 0.5) is 0 Å². The Morgan fingerprint density at radius 3 is 2.94 bits per heavy atom. The molecule has 3 nitrogen and oxygen atoms in total. The van der Waals surface area contributed by atoms with Gasteiger partial charge in [0.15, 0.2) is 11.5 Å². The zero-order valence-corrected chi connectivity index (χ0v) is 12.2. The SMILES string of the molecule is Clc1cc2c(c3c1CCOCC3Br)OCCCO2. The van der Waals surface area contributed by atoms with E-state index in [9.17, 15) is 0 Å². The quantitative estimate of drug-likeness (QED) is 0.680. The minimum atomic E-state index is 0.101. The van der Waals surface area contributed by atoms with E-state index < -0.39 is 0 Å². The fraction of sp³-hybridized carbons (Fsp3) is 0.538. The van der Waals surface area contributed by atoms with Crippen LogP contribution in [-0.2, 0) is 11.2 Å². The van der Waals surface area contributed by atoms with Crippen LogP contribution in [-0.4, -0.2) is 26.4 Å². The molecule has 2 aliphatic heterocycles. The van der Waals surface area contributed by atoms with Crippen molar-refractivity contribution in [2.24, 2.45) is 0 Å². The molecule has 1 aromatic carbocycles. The third kappa shape index (κ3) is 2.22. The van der Waals surface area contributed by atoms with Crippen LogP contribution in [0.1, 0.15) is 22.4 Å². The predicted molar refractivity (Wildman–Crippen MR) is 73.3 cm³/mol. The van der Waals surface area contributed by atoms with Crippen molar-refractivity contribution < 1.29 is 14.2 Å². The van der Waals surface area contributed by atoms with Crippen LogP contribution >= 0.6 is 27.5 Å². The van der Waals surface area contributed by atoms with Gasteiger partial charge < -0.3 is 14.2 Å². The number of halogens is 2. The molecule has 3 rings (SSSR count). The maximum absolute atomic E-state index is 6.36. The lowest BCUT2D eigenvalue weighted by Crippen LogP contribution is -2.04. The van der Waals surface area contributed by atoms with Gasteiger partial charge in [0.05, 0.1) is 31.3 Å². The van der Waals surface area contributed by atoms with Crippen molar-refractivity contribution in [2.75, 3.05) is 26.4 Å². The third-order valence-electron chi connectivity index (χ3n) is 3.21. The molecular formula is C13H14BrClO3. The minimum Gasteiger partial charge on any atom is -0.489 e. The highest BCUT2D eigenvalue weighted by molar-refractivity contribution is 9.09. The molecule has 1 aromatic rings. The molecule has 98 valence electrons. The standard InChI is InChI=1S/C13H14BrClO3/c14-9-7-16-5-2-8-10(15)6-11-13(12(8)9)18-4-1-3-17-11/h6,9H,1-5,7H2. The fourth-order valence-electron chi connectivity index (χ4n) is 2.37. The number of ether oxygens (including phenoxy) is 3. The summed E-state index contributed by atoms with van der Waals surface area (Å²) in [4.78, 5) is 0.101. The van der Waals surface area contributed by atoms with Crippen LogP contribution in [0.15, 0.2) is 6.07 Å². The van der Waals surface area contributed by atoms with Gasteiger partial charge in [0, 0.05) is 23.1 Å². The zero-order chi connectivity index (χ0) is 12.5.